The molecule has 1 saturated heterocycles. The number of nitrogens with two attached hydrogens (primary N) is 1. The Hall–Kier alpha value is -0.940. The first-order chi connectivity index (χ1) is 7.80. The van der Waals surface area contributed by atoms with E-state index in [9.17, 15) is 0 Å². The monoisotopic (exact) mass is 222 g/mol. The fourth-order valence-corrected chi connectivity index (χ4v) is 2.64. The third kappa shape index (κ3) is 1.55. The number of hydrogen-bond acceptors (Lipinski definition) is 4. The molecule has 0 saturated carbocycles. The van der Waals surface area contributed by atoms with Crippen LogP contribution in [0.2, 0.25) is 0 Å². The summed E-state index contributed by atoms with van der Waals surface area (Å²) in [5.74, 6) is 2.09. The van der Waals surface area contributed by atoms with Crippen LogP contribution in [0.15, 0.2) is 0 Å². The number of nitrogens with zero attached hydrogens (tertiary/aromatic N) is 3. The summed E-state index contributed by atoms with van der Waals surface area (Å²) in [5, 5.41) is 8.59. The largest absolute Gasteiger partial charge is 0.381 e. The Bertz CT molecular complexity index is 381. The first kappa shape index (κ1) is 10.2. The molecule has 0 aliphatic carbocycles. The van der Waals surface area contributed by atoms with Gasteiger partial charge in [0.1, 0.15) is 5.82 Å². The number of ether oxygens (including phenoxy) is 1. The lowest BCUT2D eigenvalue weighted by Gasteiger charge is -2.33. The van der Waals surface area contributed by atoms with Crippen LogP contribution in [0.1, 0.15) is 37.3 Å². The highest BCUT2D eigenvalue weighted by Crippen LogP contribution is 2.29. The Balaban J connectivity index is 1.95. The molecule has 0 aromatic carbocycles. The average molecular weight is 222 g/mol. The van der Waals surface area contributed by atoms with E-state index in [1.165, 1.54) is 12.8 Å². The molecular weight excluding hydrogens is 204 g/mol. The van der Waals surface area contributed by atoms with Crippen molar-refractivity contribution < 1.29 is 4.74 Å². The summed E-state index contributed by atoms with van der Waals surface area (Å²) in [6.07, 6.45) is 5.18. The van der Waals surface area contributed by atoms with Crippen LogP contribution in [0.3, 0.4) is 0 Å². The van der Waals surface area contributed by atoms with Gasteiger partial charge in [-0.3, -0.25) is 0 Å². The minimum Gasteiger partial charge on any atom is -0.381 e. The summed E-state index contributed by atoms with van der Waals surface area (Å²) in [6, 6.07) is 0. The van der Waals surface area contributed by atoms with E-state index in [0.29, 0.717) is 0 Å². The van der Waals surface area contributed by atoms with Crippen molar-refractivity contribution in [2.75, 3.05) is 13.2 Å². The van der Waals surface area contributed by atoms with Gasteiger partial charge in [0, 0.05) is 26.2 Å². The van der Waals surface area contributed by atoms with Gasteiger partial charge in [-0.15, -0.1) is 10.2 Å². The molecule has 88 valence electrons. The second kappa shape index (κ2) is 3.82. The first-order valence-electron chi connectivity index (χ1n) is 6.09. The van der Waals surface area contributed by atoms with E-state index >= 15 is 0 Å². The minimum absolute atomic E-state index is 0.319. The van der Waals surface area contributed by atoms with Crippen molar-refractivity contribution in [3.8, 4) is 0 Å². The van der Waals surface area contributed by atoms with E-state index in [1.54, 1.807) is 0 Å². The maximum atomic E-state index is 6.45. The molecule has 5 heteroatoms. The zero-order valence-electron chi connectivity index (χ0n) is 9.48. The van der Waals surface area contributed by atoms with Crippen molar-refractivity contribution in [3.05, 3.63) is 11.6 Å². The molecule has 0 unspecified atom stereocenters. The maximum Gasteiger partial charge on any atom is 0.153 e. The normalized spacial score (nSPS) is 24.1. The highest BCUT2D eigenvalue weighted by Gasteiger charge is 2.36. The molecule has 1 aromatic heterocycles. The lowest BCUT2D eigenvalue weighted by Crippen LogP contribution is -2.44. The molecule has 0 atom stereocenters. The zero-order chi connectivity index (χ0) is 11.0. The highest BCUT2D eigenvalue weighted by molar-refractivity contribution is 5.11. The molecule has 0 spiro atoms. The first-order valence-corrected chi connectivity index (χ1v) is 6.09. The second-order valence-electron chi connectivity index (χ2n) is 4.82. The Labute approximate surface area is 95.0 Å². The van der Waals surface area contributed by atoms with Gasteiger partial charge in [-0.2, -0.15) is 0 Å². The molecule has 0 amide bonds. The van der Waals surface area contributed by atoms with Gasteiger partial charge in [-0.25, -0.2) is 0 Å². The van der Waals surface area contributed by atoms with Crippen LogP contribution >= 0.6 is 0 Å². The van der Waals surface area contributed by atoms with Gasteiger partial charge in [-0.05, 0) is 25.7 Å². The van der Waals surface area contributed by atoms with Gasteiger partial charge in [0.05, 0.1) is 5.54 Å². The van der Waals surface area contributed by atoms with Crippen molar-refractivity contribution in [1.29, 1.82) is 0 Å². The van der Waals surface area contributed by atoms with Crippen LogP contribution in [-0.2, 0) is 23.2 Å². The van der Waals surface area contributed by atoms with E-state index in [2.05, 4.69) is 14.8 Å². The SMILES string of the molecule is NC1(c2nnc3n2CCCC3)CCOCC1. The van der Waals surface area contributed by atoms with E-state index in [4.69, 9.17) is 10.5 Å². The Morgan fingerprint density at radius 1 is 1.19 bits per heavy atom. The molecule has 5 nitrogen and oxygen atoms in total. The summed E-state index contributed by atoms with van der Waals surface area (Å²) >= 11 is 0. The molecule has 0 radical (unpaired) electrons. The molecule has 2 aliphatic heterocycles. The van der Waals surface area contributed by atoms with E-state index in [-0.39, 0.29) is 5.54 Å². The molecular formula is C11H18N4O. The van der Waals surface area contributed by atoms with Crippen molar-refractivity contribution in [2.24, 2.45) is 5.73 Å². The van der Waals surface area contributed by atoms with E-state index in [1.807, 2.05) is 0 Å². The molecule has 3 rings (SSSR count). The van der Waals surface area contributed by atoms with Crippen LogP contribution < -0.4 is 5.73 Å². The fourth-order valence-electron chi connectivity index (χ4n) is 2.64. The predicted molar refractivity (Wildman–Crippen MR) is 58.9 cm³/mol. The number of hydrogen-bond donors (Lipinski definition) is 1. The molecule has 2 N–H and O–H groups in total. The molecule has 16 heavy (non-hydrogen) atoms. The third-order valence-corrected chi connectivity index (χ3v) is 3.69. The lowest BCUT2D eigenvalue weighted by molar-refractivity contribution is 0.0475. The van der Waals surface area contributed by atoms with E-state index in [0.717, 1.165) is 50.7 Å². The summed E-state index contributed by atoms with van der Waals surface area (Å²) in [5.41, 5.74) is 6.13. The summed E-state index contributed by atoms with van der Waals surface area (Å²) < 4.78 is 7.60. The second-order valence-corrected chi connectivity index (χ2v) is 4.82. The number of aryl methyl sites for hydroxylation is 1. The standard InChI is InChI=1S/C11H18N4O/c12-11(4-7-16-8-5-11)10-14-13-9-3-1-2-6-15(9)10/h1-8,12H2. The van der Waals surface area contributed by atoms with Crippen LogP contribution in [0.25, 0.3) is 0 Å². The molecule has 0 bridgehead atoms. The van der Waals surface area contributed by atoms with Gasteiger partial charge < -0.3 is 15.0 Å². The van der Waals surface area contributed by atoms with Crippen LogP contribution in [0.4, 0.5) is 0 Å². The van der Waals surface area contributed by atoms with Crippen molar-refractivity contribution in [1.82, 2.24) is 14.8 Å². The minimum atomic E-state index is -0.319. The quantitative estimate of drug-likeness (QED) is 0.754. The van der Waals surface area contributed by atoms with Gasteiger partial charge >= 0.3 is 0 Å². The van der Waals surface area contributed by atoms with Gasteiger partial charge in [-0.1, -0.05) is 0 Å². The van der Waals surface area contributed by atoms with Crippen LogP contribution in [0.5, 0.6) is 0 Å². The van der Waals surface area contributed by atoms with Gasteiger partial charge in [0.15, 0.2) is 5.82 Å². The number of aromatic nitrogens is 3. The molecule has 3 heterocycles. The van der Waals surface area contributed by atoms with E-state index < -0.39 is 0 Å². The van der Waals surface area contributed by atoms with Crippen LogP contribution in [0, 0.1) is 0 Å². The smallest absolute Gasteiger partial charge is 0.153 e. The summed E-state index contributed by atoms with van der Waals surface area (Å²) in [6.45, 7) is 2.49. The van der Waals surface area contributed by atoms with Crippen molar-refractivity contribution >= 4 is 0 Å². The molecule has 1 aromatic rings. The Morgan fingerprint density at radius 2 is 2.00 bits per heavy atom. The lowest BCUT2D eigenvalue weighted by atomic mass is 9.90. The topological polar surface area (TPSA) is 66.0 Å². The fraction of sp³-hybridized carbons (Fsp3) is 0.818. The third-order valence-electron chi connectivity index (χ3n) is 3.69. The predicted octanol–water partition coefficient (Wildman–Crippen LogP) is 0.579. The molecule has 1 fully saturated rings. The highest BCUT2D eigenvalue weighted by atomic mass is 16.5. The Morgan fingerprint density at radius 3 is 2.81 bits per heavy atom. The van der Waals surface area contributed by atoms with Gasteiger partial charge in [0.25, 0.3) is 0 Å². The average Bonchev–Trinajstić information content (AvgIpc) is 2.74. The number of fused-ring (bicyclic) bond motifs is 1. The van der Waals surface area contributed by atoms with Crippen molar-refractivity contribution in [3.63, 3.8) is 0 Å². The van der Waals surface area contributed by atoms with Crippen LogP contribution in [-0.4, -0.2) is 28.0 Å². The Kier molecular flexibility index (Phi) is 2.44. The zero-order valence-corrected chi connectivity index (χ0v) is 9.48. The summed E-state index contributed by atoms with van der Waals surface area (Å²) in [4.78, 5) is 0. The summed E-state index contributed by atoms with van der Waals surface area (Å²) in [7, 11) is 0. The van der Waals surface area contributed by atoms with Gasteiger partial charge in [0.2, 0.25) is 0 Å². The molecule has 2 aliphatic rings. The van der Waals surface area contributed by atoms with Crippen molar-refractivity contribution in [2.45, 2.75) is 44.2 Å². The number of rotatable bonds is 1. The maximum absolute atomic E-state index is 6.45.